The first kappa shape index (κ1) is 13.2. The van der Waals surface area contributed by atoms with Crippen LogP contribution in [0.4, 0.5) is 5.82 Å². The first-order valence-electron chi connectivity index (χ1n) is 6.48. The van der Waals surface area contributed by atoms with Crippen molar-refractivity contribution in [3.63, 3.8) is 0 Å². The van der Waals surface area contributed by atoms with Gasteiger partial charge in [0.05, 0.1) is 18.1 Å². The summed E-state index contributed by atoms with van der Waals surface area (Å²) < 4.78 is 1.82. The predicted octanol–water partition coefficient (Wildman–Crippen LogP) is 1.53. The molecule has 0 saturated carbocycles. The fourth-order valence-electron chi connectivity index (χ4n) is 2.31. The van der Waals surface area contributed by atoms with Gasteiger partial charge >= 0.3 is 0 Å². The third-order valence-electron chi connectivity index (χ3n) is 3.44. The Morgan fingerprint density at radius 2 is 1.95 bits per heavy atom. The number of hydrogen-bond donors (Lipinski definition) is 1. The topological polar surface area (TPSA) is 95.4 Å². The monoisotopic (exact) mass is 281 g/mol. The van der Waals surface area contributed by atoms with Gasteiger partial charge in [-0.3, -0.25) is 4.68 Å². The highest BCUT2D eigenvalue weighted by Gasteiger charge is 2.16. The van der Waals surface area contributed by atoms with Crippen LogP contribution in [0.5, 0.6) is 0 Å². The first-order chi connectivity index (χ1) is 10.1. The maximum atomic E-state index is 6.11. The molecule has 7 heteroatoms. The van der Waals surface area contributed by atoms with E-state index < -0.39 is 0 Å². The molecule has 0 aromatic carbocycles. The van der Waals surface area contributed by atoms with E-state index in [0.29, 0.717) is 11.6 Å². The van der Waals surface area contributed by atoms with Crippen molar-refractivity contribution < 1.29 is 0 Å². The minimum Gasteiger partial charge on any atom is -0.383 e. The molecule has 0 atom stereocenters. The van der Waals surface area contributed by atoms with Crippen molar-refractivity contribution in [3.8, 4) is 22.5 Å². The maximum absolute atomic E-state index is 6.11. The minimum absolute atomic E-state index is 0.427. The number of anilines is 1. The summed E-state index contributed by atoms with van der Waals surface area (Å²) in [5.41, 5.74) is 10.6. The summed E-state index contributed by atoms with van der Waals surface area (Å²) >= 11 is 0. The molecule has 3 rings (SSSR count). The van der Waals surface area contributed by atoms with Crippen LogP contribution >= 0.6 is 0 Å². The number of aryl methyl sites for hydroxylation is 2. The van der Waals surface area contributed by atoms with Crippen LogP contribution < -0.4 is 5.73 Å². The average Bonchev–Trinajstić information content (AvgIpc) is 2.74. The molecule has 0 aliphatic rings. The molecule has 3 aromatic rings. The van der Waals surface area contributed by atoms with Crippen LogP contribution in [0.3, 0.4) is 0 Å². The van der Waals surface area contributed by atoms with Crippen molar-refractivity contribution in [1.82, 2.24) is 29.9 Å². The number of nitrogen functional groups attached to an aromatic ring is 1. The molecule has 0 amide bonds. The Kier molecular flexibility index (Phi) is 3.09. The summed E-state index contributed by atoms with van der Waals surface area (Å²) in [5, 5.41) is 12.0. The molecule has 2 N–H and O–H groups in total. The highest BCUT2D eigenvalue weighted by Crippen LogP contribution is 2.30. The maximum Gasteiger partial charge on any atom is 0.163 e. The van der Waals surface area contributed by atoms with Gasteiger partial charge in [-0.15, -0.1) is 0 Å². The number of nitrogens with zero attached hydrogens (tertiary/aromatic N) is 6. The molecule has 3 aromatic heterocycles. The predicted molar refractivity (Wildman–Crippen MR) is 79.1 cm³/mol. The summed E-state index contributed by atoms with van der Waals surface area (Å²) in [6, 6.07) is 1.79. The molecule has 0 aliphatic heterocycles. The molecule has 7 nitrogen and oxygen atoms in total. The number of aromatic nitrogens is 6. The Hall–Kier alpha value is -2.83. The lowest BCUT2D eigenvalue weighted by Gasteiger charge is -2.07. The normalized spacial score (nSPS) is 10.8. The number of rotatable bonds is 2. The summed E-state index contributed by atoms with van der Waals surface area (Å²) in [6.07, 6.45) is 4.93. The van der Waals surface area contributed by atoms with Crippen LogP contribution in [0.1, 0.15) is 11.4 Å². The summed E-state index contributed by atoms with van der Waals surface area (Å²) in [6.45, 7) is 3.94. The number of nitrogens with two attached hydrogens (primary N) is 1. The lowest BCUT2D eigenvalue weighted by Crippen LogP contribution is -2.00. The summed E-state index contributed by atoms with van der Waals surface area (Å²) in [7, 11) is 1.90. The van der Waals surface area contributed by atoms with Crippen LogP contribution in [0.15, 0.2) is 24.7 Å². The minimum atomic E-state index is 0.427. The standard InChI is InChI=1S/C14H15N7/c1-8-12(9(2)21(3)20-8)11-7-16-14(19-13(11)15)10-4-5-17-18-6-10/h4-7H,1-3H3,(H2,15,16,19). The van der Waals surface area contributed by atoms with Crippen molar-refractivity contribution in [2.45, 2.75) is 13.8 Å². The van der Waals surface area contributed by atoms with E-state index in [4.69, 9.17) is 5.73 Å². The van der Waals surface area contributed by atoms with Crippen LogP contribution in [-0.4, -0.2) is 29.9 Å². The highest BCUT2D eigenvalue weighted by molar-refractivity contribution is 5.77. The fourth-order valence-corrected chi connectivity index (χ4v) is 2.31. The second-order valence-corrected chi connectivity index (χ2v) is 4.79. The van der Waals surface area contributed by atoms with Crippen molar-refractivity contribution in [2.24, 2.45) is 7.05 Å². The van der Waals surface area contributed by atoms with Crippen LogP contribution in [-0.2, 0) is 7.05 Å². The lowest BCUT2D eigenvalue weighted by molar-refractivity contribution is 0.731. The van der Waals surface area contributed by atoms with Gasteiger partial charge in [-0.05, 0) is 19.9 Å². The number of hydrogen-bond acceptors (Lipinski definition) is 6. The molecule has 3 heterocycles. The van der Waals surface area contributed by atoms with Gasteiger partial charge in [0, 0.05) is 35.6 Å². The largest absolute Gasteiger partial charge is 0.383 e. The van der Waals surface area contributed by atoms with E-state index in [1.807, 2.05) is 25.6 Å². The molecule has 21 heavy (non-hydrogen) atoms. The van der Waals surface area contributed by atoms with Crippen LogP contribution in [0.25, 0.3) is 22.5 Å². The molecular weight excluding hydrogens is 266 g/mol. The zero-order valence-corrected chi connectivity index (χ0v) is 12.1. The molecule has 0 radical (unpaired) electrons. The first-order valence-corrected chi connectivity index (χ1v) is 6.48. The molecule has 0 aliphatic carbocycles. The van der Waals surface area contributed by atoms with E-state index >= 15 is 0 Å². The van der Waals surface area contributed by atoms with Crippen molar-refractivity contribution in [1.29, 1.82) is 0 Å². The molecule has 106 valence electrons. The molecule has 0 spiro atoms. The van der Waals surface area contributed by atoms with Crippen molar-refractivity contribution in [3.05, 3.63) is 36.0 Å². The molecule has 0 fully saturated rings. The Morgan fingerprint density at radius 3 is 2.52 bits per heavy atom. The Labute approximate surface area is 121 Å². The van der Waals surface area contributed by atoms with E-state index in [1.165, 1.54) is 0 Å². The van der Waals surface area contributed by atoms with Gasteiger partial charge in [0.25, 0.3) is 0 Å². The van der Waals surface area contributed by atoms with E-state index in [-0.39, 0.29) is 0 Å². The zero-order chi connectivity index (χ0) is 15.0. The second kappa shape index (κ2) is 4.93. The third-order valence-corrected chi connectivity index (χ3v) is 3.44. The van der Waals surface area contributed by atoms with Gasteiger partial charge in [0.15, 0.2) is 5.82 Å². The summed E-state index contributed by atoms with van der Waals surface area (Å²) in [5.74, 6) is 0.960. The Balaban J connectivity index is 2.11. The zero-order valence-electron chi connectivity index (χ0n) is 12.1. The lowest BCUT2D eigenvalue weighted by atomic mass is 10.1. The second-order valence-electron chi connectivity index (χ2n) is 4.79. The van der Waals surface area contributed by atoms with Gasteiger partial charge in [-0.1, -0.05) is 0 Å². The van der Waals surface area contributed by atoms with E-state index in [1.54, 1.807) is 24.7 Å². The molecular formula is C14H15N7. The smallest absolute Gasteiger partial charge is 0.163 e. The molecule has 0 bridgehead atoms. The third kappa shape index (κ3) is 2.22. The van der Waals surface area contributed by atoms with Gasteiger partial charge in [-0.25, -0.2) is 9.97 Å². The van der Waals surface area contributed by atoms with Crippen LogP contribution in [0.2, 0.25) is 0 Å². The Bertz CT molecular complexity index is 793. The highest BCUT2D eigenvalue weighted by atomic mass is 15.3. The van der Waals surface area contributed by atoms with E-state index in [0.717, 1.165) is 28.1 Å². The molecule has 0 saturated heterocycles. The molecule has 0 unspecified atom stereocenters. The van der Waals surface area contributed by atoms with E-state index in [9.17, 15) is 0 Å². The van der Waals surface area contributed by atoms with Gasteiger partial charge < -0.3 is 5.73 Å². The van der Waals surface area contributed by atoms with Crippen LogP contribution in [0, 0.1) is 13.8 Å². The van der Waals surface area contributed by atoms with Gasteiger partial charge in [0.2, 0.25) is 0 Å². The van der Waals surface area contributed by atoms with Gasteiger partial charge in [0.1, 0.15) is 5.82 Å². The van der Waals surface area contributed by atoms with Gasteiger partial charge in [-0.2, -0.15) is 15.3 Å². The van der Waals surface area contributed by atoms with E-state index in [2.05, 4.69) is 25.3 Å². The van der Waals surface area contributed by atoms with Crippen molar-refractivity contribution >= 4 is 5.82 Å². The SMILES string of the molecule is Cc1nn(C)c(C)c1-c1cnc(-c2ccnnc2)nc1N. The quantitative estimate of drug-likeness (QED) is 0.765. The average molecular weight is 281 g/mol. The Morgan fingerprint density at radius 1 is 1.14 bits per heavy atom. The fraction of sp³-hybridized carbons (Fsp3) is 0.214. The summed E-state index contributed by atoms with van der Waals surface area (Å²) in [4.78, 5) is 8.75. The van der Waals surface area contributed by atoms with Crippen molar-refractivity contribution in [2.75, 3.05) is 5.73 Å².